The quantitative estimate of drug-likeness (QED) is 0.244. The standard InChI is InChI=1S/C29H20BrN/c30-29-20-27(25-13-11-23(12-14-25)21-7-3-1-4-8-21)19-28(31-29)26-17-15-24(16-18-26)22-9-5-2-6-10-22/h1-20H. The van der Waals surface area contributed by atoms with Gasteiger partial charge in [0.15, 0.2) is 0 Å². The Morgan fingerprint density at radius 1 is 0.387 bits per heavy atom. The van der Waals surface area contributed by atoms with Crippen LogP contribution in [0.4, 0.5) is 0 Å². The lowest BCUT2D eigenvalue weighted by atomic mass is 9.99. The molecule has 0 amide bonds. The average molecular weight is 462 g/mol. The van der Waals surface area contributed by atoms with Crippen molar-refractivity contribution >= 4 is 15.9 Å². The molecule has 0 spiro atoms. The van der Waals surface area contributed by atoms with Crippen molar-refractivity contribution in [2.24, 2.45) is 0 Å². The number of hydrogen-bond acceptors (Lipinski definition) is 1. The van der Waals surface area contributed by atoms with Gasteiger partial charge in [0.25, 0.3) is 0 Å². The van der Waals surface area contributed by atoms with E-state index in [0.29, 0.717) is 0 Å². The Morgan fingerprint density at radius 3 is 1.26 bits per heavy atom. The van der Waals surface area contributed by atoms with E-state index < -0.39 is 0 Å². The number of halogens is 1. The summed E-state index contributed by atoms with van der Waals surface area (Å²) in [6.45, 7) is 0. The molecule has 5 aromatic rings. The molecule has 2 heteroatoms. The molecule has 0 fully saturated rings. The smallest absolute Gasteiger partial charge is 0.107 e. The maximum absolute atomic E-state index is 4.71. The van der Waals surface area contributed by atoms with Gasteiger partial charge in [0.1, 0.15) is 4.60 Å². The number of nitrogens with zero attached hydrogens (tertiary/aromatic N) is 1. The molecule has 0 aliphatic rings. The Labute approximate surface area is 191 Å². The lowest BCUT2D eigenvalue weighted by Crippen LogP contribution is -1.88. The zero-order valence-electron chi connectivity index (χ0n) is 16.9. The van der Waals surface area contributed by atoms with E-state index in [-0.39, 0.29) is 0 Å². The van der Waals surface area contributed by atoms with Gasteiger partial charge in [0.05, 0.1) is 5.69 Å². The highest BCUT2D eigenvalue weighted by Crippen LogP contribution is 2.31. The van der Waals surface area contributed by atoms with Gasteiger partial charge in [-0.3, -0.25) is 0 Å². The molecule has 0 aliphatic carbocycles. The number of pyridine rings is 1. The van der Waals surface area contributed by atoms with Crippen molar-refractivity contribution in [3.8, 4) is 44.6 Å². The normalized spacial score (nSPS) is 10.7. The monoisotopic (exact) mass is 461 g/mol. The minimum absolute atomic E-state index is 0.833. The van der Waals surface area contributed by atoms with Crippen LogP contribution in [-0.2, 0) is 0 Å². The van der Waals surface area contributed by atoms with Gasteiger partial charge in [-0.2, -0.15) is 0 Å². The van der Waals surface area contributed by atoms with E-state index in [4.69, 9.17) is 4.98 Å². The first-order valence-corrected chi connectivity index (χ1v) is 11.0. The summed E-state index contributed by atoms with van der Waals surface area (Å²) in [5, 5.41) is 0. The molecule has 0 N–H and O–H groups in total. The third-order valence-electron chi connectivity index (χ3n) is 5.41. The van der Waals surface area contributed by atoms with Crippen LogP contribution in [0.3, 0.4) is 0 Å². The zero-order chi connectivity index (χ0) is 21.0. The molecule has 148 valence electrons. The summed E-state index contributed by atoms with van der Waals surface area (Å²) >= 11 is 3.60. The molecular weight excluding hydrogens is 442 g/mol. The maximum atomic E-state index is 4.71. The van der Waals surface area contributed by atoms with Gasteiger partial charge in [-0.1, -0.05) is 109 Å². The molecule has 0 saturated carbocycles. The Hall–Kier alpha value is -3.49. The van der Waals surface area contributed by atoms with Crippen molar-refractivity contribution in [3.05, 3.63) is 126 Å². The lowest BCUT2D eigenvalue weighted by Gasteiger charge is -2.09. The van der Waals surface area contributed by atoms with Crippen molar-refractivity contribution < 1.29 is 0 Å². The fourth-order valence-electron chi connectivity index (χ4n) is 3.76. The first-order valence-electron chi connectivity index (χ1n) is 10.3. The Kier molecular flexibility index (Phi) is 5.47. The van der Waals surface area contributed by atoms with Crippen molar-refractivity contribution in [2.45, 2.75) is 0 Å². The summed E-state index contributed by atoms with van der Waals surface area (Å²) in [7, 11) is 0. The number of hydrogen-bond donors (Lipinski definition) is 0. The summed E-state index contributed by atoms with van der Waals surface area (Å²) in [5.41, 5.74) is 9.23. The van der Waals surface area contributed by atoms with E-state index in [1.165, 1.54) is 27.8 Å². The topological polar surface area (TPSA) is 12.9 Å². The summed E-state index contributed by atoms with van der Waals surface area (Å²) in [6, 6.07) is 42.4. The average Bonchev–Trinajstić information content (AvgIpc) is 2.85. The Bertz CT molecular complexity index is 1190. The minimum Gasteiger partial charge on any atom is -0.241 e. The van der Waals surface area contributed by atoms with Crippen molar-refractivity contribution in [3.63, 3.8) is 0 Å². The third kappa shape index (κ3) is 4.35. The molecule has 5 rings (SSSR count). The summed E-state index contributed by atoms with van der Waals surface area (Å²) in [5.74, 6) is 0. The predicted molar refractivity (Wildman–Crippen MR) is 134 cm³/mol. The van der Waals surface area contributed by atoms with Crippen LogP contribution in [0, 0.1) is 0 Å². The molecule has 0 unspecified atom stereocenters. The fraction of sp³-hybridized carbons (Fsp3) is 0. The molecule has 0 atom stereocenters. The molecule has 0 radical (unpaired) electrons. The fourth-order valence-corrected chi connectivity index (χ4v) is 4.20. The van der Waals surface area contributed by atoms with Gasteiger partial charge in [-0.25, -0.2) is 4.98 Å². The highest BCUT2D eigenvalue weighted by Gasteiger charge is 2.07. The van der Waals surface area contributed by atoms with E-state index >= 15 is 0 Å². The van der Waals surface area contributed by atoms with Crippen LogP contribution in [0.1, 0.15) is 0 Å². The molecule has 0 aliphatic heterocycles. The van der Waals surface area contributed by atoms with E-state index in [1.807, 2.05) is 12.1 Å². The molecule has 31 heavy (non-hydrogen) atoms. The zero-order valence-corrected chi connectivity index (χ0v) is 18.5. The highest BCUT2D eigenvalue weighted by molar-refractivity contribution is 9.10. The predicted octanol–water partition coefficient (Wildman–Crippen LogP) is 8.51. The van der Waals surface area contributed by atoms with Crippen LogP contribution in [0.2, 0.25) is 0 Å². The SMILES string of the molecule is Brc1cc(-c2ccc(-c3ccccc3)cc2)cc(-c2ccc(-c3ccccc3)cc2)n1. The minimum atomic E-state index is 0.833. The second-order valence-electron chi connectivity index (χ2n) is 7.45. The molecule has 1 nitrogen and oxygen atoms in total. The van der Waals surface area contributed by atoms with Crippen molar-refractivity contribution in [2.75, 3.05) is 0 Å². The van der Waals surface area contributed by atoms with E-state index in [2.05, 4.69) is 125 Å². The first kappa shape index (κ1) is 19.5. The van der Waals surface area contributed by atoms with E-state index in [9.17, 15) is 0 Å². The maximum Gasteiger partial charge on any atom is 0.107 e. The summed E-state index contributed by atoms with van der Waals surface area (Å²) < 4.78 is 0.833. The van der Waals surface area contributed by atoms with Gasteiger partial charge in [0.2, 0.25) is 0 Å². The van der Waals surface area contributed by atoms with E-state index in [0.717, 1.165) is 21.4 Å². The first-order chi connectivity index (χ1) is 15.3. The largest absolute Gasteiger partial charge is 0.241 e. The highest BCUT2D eigenvalue weighted by atomic mass is 79.9. The molecule has 0 saturated heterocycles. The number of rotatable bonds is 4. The van der Waals surface area contributed by atoms with E-state index in [1.54, 1.807) is 0 Å². The molecular formula is C29H20BrN. The van der Waals surface area contributed by atoms with Crippen LogP contribution in [-0.4, -0.2) is 4.98 Å². The van der Waals surface area contributed by atoms with Crippen molar-refractivity contribution in [1.82, 2.24) is 4.98 Å². The third-order valence-corrected chi connectivity index (χ3v) is 5.81. The van der Waals surface area contributed by atoms with Gasteiger partial charge in [-0.15, -0.1) is 0 Å². The summed E-state index contributed by atoms with van der Waals surface area (Å²) in [4.78, 5) is 4.71. The van der Waals surface area contributed by atoms with Gasteiger partial charge in [-0.05, 0) is 61.4 Å². The Morgan fingerprint density at radius 2 is 0.774 bits per heavy atom. The molecule has 1 aromatic heterocycles. The van der Waals surface area contributed by atoms with Crippen LogP contribution in [0.25, 0.3) is 44.6 Å². The lowest BCUT2D eigenvalue weighted by molar-refractivity contribution is 1.28. The molecule has 4 aromatic carbocycles. The molecule has 1 heterocycles. The van der Waals surface area contributed by atoms with Gasteiger partial charge < -0.3 is 0 Å². The van der Waals surface area contributed by atoms with Crippen LogP contribution in [0.5, 0.6) is 0 Å². The number of aromatic nitrogens is 1. The second-order valence-corrected chi connectivity index (χ2v) is 8.26. The van der Waals surface area contributed by atoms with Gasteiger partial charge in [0, 0.05) is 5.56 Å². The van der Waals surface area contributed by atoms with Crippen LogP contribution >= 0.6 is 15.9 Å². The van der Waals surface area contributed by atoms with Crippen molar-refractivity contribution in [1.29, 1.82) is 0 Å². The molecule has 0 bridgehead atoms. The number of benzene rings is 4. The second kappa shape index (κ2) is 8.71. The Balaban J connectivity index is 1.45. The van der Waals surface area contributed by atoms with Crippen LogP contribution in [0.15, 0.2) is 126 Å². The van der Waals surface area contributed by atoms with Gasteiger partial charge >= 0.3 is 0 Å². The van der Waals surface area contributed by atoms with Crippen LogP contribution < -0.4 is 0 Å². The summed E-state index contributed by atoms with van der Waals surface area (Å²) in [6.07, 6.45) is 0.